The number of hydrogen-bond donors (Lipinski definition) is 3. The van der Waals surface area contributed by atoms with Crippen molar-refractivity contribution >= 4 is 7.82 Å². The van der Waals surface area contributed by atoms with E-state index >= 15 is 0 Å². The van der Waals surface area contributed by atoms with E-state index in [1.807, 2.05) is 21.1 Å². The second-order valence-electron chi connectivity index (χ2n) is 5.27. The fourth-order valence-electron chi connectivity index (χ4n) is 1.07. The second kappa shape index (κ2) is 8.11. The highest BCUT2D eigenvalue weighted by molar-refractivity contribution is 7.47. The number of allylic oxidation sites excluding steroid dienone is 1. The van der Waals surface area contributed by atoms with Crippen molar-refractivity contribution < 1.29 is 28.1 Å². The first-order valence-electron chi connectivity index (χ1n) is 6.45. The maximum atomic E-state index is 11.6. The number of rotatable bonds is 10. The lowest BCUT2D eigenvalue weighted by Crippen LogP contribution is -2.38. The molecule has 0 aliphatic rings. The van der Waals surface area contributed by atoms with Gasteiger partial charge in [-0.05, 0) is 6.92 Å². The Hall–Kier alpha value is -0.270. The van der Waals surface area contributed by atoms with E-state index in [0.717, 1.165) is 0 Å². The zero-order chi connectivity index (χ0) is 15.8. The molecular weight excluding hydrogens is 271 g/mol. The van der Waals surface area contributed by atoms with Crippen molar-refractivity contribution in [1.82, 2.24) is 0 Å². The summed E-state index contributed by atoms with van der Waals surface area (Å²) in [7, 11) is 1.69. The van der Waals surface area contributed by atoms with Gasteiger partial charge in [-0.1, -0.05) is 12.2 Å². The highest BCUT2D eigenvalue weighted by atomic mass is 31.2. The van der Waals surface area contributed by atoms with E-state index in [0.29, 0.717) is 11.0 Å². The van der Waals surface area contributed by atoms with Gasteiger partial charge in [0.05, 0.1) is 39.9 Å². The van der Waals surface area contributed by atoms with Crippen molar-refractivity contribution in [2.24, 2.45) is 5.73 Å². The van der Waals surface area contributed by atoms with E-state index in [4.69, 9.17) is 16.2 Å². The van der Waals surface area contributed by atoms with E-state index in [2.05, 4.69) is 5.11 Å². The van der Waals surface area contributed by atoms with Crippen molar-refractivity contribution in [3.8, 4) is 0 Å². The molecule has 0 bridgehead atoms. The van der Waals surface area contributed by atoms with Gasteiger partial charge in [-0.2, -0.15) is 0 Å². The number of quaternary nitrogens is 1. The Bertz CT molecular complexity index is 348. The molecule has 0 rings (SSSR count). The normalized spacial score (nSPS) is 20.0. The zero-order valence-corrected chi connectivity index (χ0v) is 12.9. The van der Waals surface area contributed by atoms with Gasteiger partial charge < -0.3 is 20.2 Å². The monoisotopic (exact) mass is 299 g/mol. The van der Waals surface area contributed by atoms with Crippen molar-refractivity contribution in [2.75, 3.05) is 40.9 Å². The van der Waals surface area contributed by atoms with Gasteiger partial charge >= 0.3 is 7.82 Å². The molecule has 0 saturated carbocycles. The third kappa shape index (κ3) is 10.2. The number of nitrogens with zero attached hydrogens (tertiary/aromatic N) is 1. The summed E-state index contributed by atoms with van der Waals surface area (Å²) in [6.07, 6.45) is 2.54. The fourth-order valence-corrected chi connectivity index (χ4v) is 1.82. The number of likely N-dealkylation sites (N-methyl/N-ethyl adjacent to an activating group) is 1. The molecule has 0 spiro atoms. The Morgan fingerprint density at radius 3 is 2.58 bits per heavy atom. The molecule has 0 aliphatic heterocycles. The van der Waals surface area contributed by atoms with Crippen LogP contribution in [0.3, 0.4) is 0 Å². The van der Waals surface area contributed by atoms with Crippen LogP contribution in [0, 0.1) is 0 Å². The number of nitrogens with two attached hydrogens (primary N) is 1. The minimum atomic E-state index is -4.13. The van der Waals surface area contributed by atoms with Crippen LogP contribution in [0.15, 0.2) is 12.2 Å². The first kappa shape index (κ1) is 16.8. The Morgan fingerprint density at radius 2 is 2.11 bits per heavy atom. The van der Waals surface area contributed by atoms with E-state index in [1.165, 1.54) is 0 Å². The maximum absolute atomic E-state index is 11.6. The molecule has 0 saturated heterocycles. The lowest BCUT2D eigenvalue weighted by atomic mass is 10.2. The Labute approximate surface area is 116 Å². The predicted octanol–water partition coefficient (Wildman–Crippen LogP) is 0.0905. The van der Waals surface area contributed by atoms with Crippen LogP contribution in [0.4, 0.5) is 0 Å². The molecule has 7 nitrogen and oxygen atoms in total. The van der Waals surface area contributed by atoms with Crippen molar-refractivity contribution in [1.29, 1.82) is 1.43 Å². The number of aliphatic hydroxyl groups excluding tert-OH is 1. The third-order valence-corrected chi connectivity index (χ3v) is 3.24. The number of aliphatic hydroxyl groups is 1. The largest absolute Gasteiger partial charge is 0.472 e. The van der Waals surface area contributed by atoms with Crippen LogP contribution in [0.5, 0.6) is 0 Å². The standard InChI is InChI=1S/C11H25N2O5P/c1-5-6-11(14)10(12)9-18-19(15,16)17-8-7-13(2,3)4/h5-6,10-11,14H,7-9,12H2,1-4H3/p+1/b6-5+/t10-,11+/m0/s1/i14T. The van der Waals surface area contributed by atoms with E-state index in [1.54, 1.807) is 19.1 Å². The average molecular weight is 299 g/mol. The third-order valence-electron chi connectivity index (χ3n) is 2.25. The molecule has 1 unspecified atom stereocenters. The smallest absolute Gasteiger partial charge is 0.387 e. The summed E-state index contributed by atoms with van der Waals surface area (Å²) in [4.78, 5) is 9.49. The number of phosphoric acid groups is 1. The van der Waals surface area contributed by atoms with Crippen LogP contribution < -0.4 is 5.73 Å². The topological polar surface area (TPSA) is 102 Å². The summed E-state index contributed by atoms with van der Waals surface area (Å²) in [5.74, 6) is 0. The SMILES string of the molecule is [3H]O[C@H](/C=C/C)[C@@H](N)COP(=O)(O)OCC[N+](C)(C)C. The van der Waals surface area contributed by atoms with E-state index < -0.39 is 20.0 Å². The molecule has 3 atom stereocenters. The highest BCUT2D eigenvalue weighted by Gasteiger charge is 2.25. The van der Waals surface area contributed by atoms with Gasteiger partial charge in [0.2, 0.25) is 1.43 Å². The molecule has 0 radical (unpaired) electrons. The van der Waals surface area contributed by atoms with Crippen molar-refractivity contribution in [2.45, 2.75) is 19.1 Å². The molecular formula is C11H26N2O5P+. The van der Waals surface area contributed by atoms with Gasteiger partial charge in [0.25, 0.3) is 0 Å². The molecule has 0 aromatic heterocycles. The van der Waals surface area contributed by atoms with Gasteiger partial charge in [-0.15, -0.1) is 0 Å². The fraction of sp³-hybridized carbons (Fsp3) is 0.818. The summed E-state index contributed by atoms with van der Waals surface area (Å²) in [5.41, 5.74) is 5.71. The highest BCUT2D eigenvalue weighted by Crippen LogP contribution is 2.43. The minimum Gasteiger partial charge on any atom is -0.387 e. The summed E-state index contributed by atoms with van der Waals surface area (Å²) < 4.78 is 28.7. The first-order chi connectivity index (χ1) is 9.11. The first-order valence-corrected chi connectivity index (χ1v) is 7.53. The molecule has 8 heteroatoms. The molecule has 0 aromatic rings. The van der Waals surface area contributed by atoms with Crippen LogP contribution in [0.2, 0.25) is 0 Å². The van der Waals surface area contributed by atoms with Gasteiger partial charge in [0.15, 0.2) is 0 Å². The molecule has 0 fully saturated rings. The van der Waals surface area contributed by atoms with Gasteiger partial charge in [0.1, 0.15) is 13.2 Å². The molecule has 4 N–H and O–H groups in total. The van der Waals surface area contributed by atoms with E-state index in [9.17, 15) is 9.46 Å². The van der Waals surface area contributed by atoms with Crippen molar-refractivity contribution in [3.63, 3.8) is 0 Å². The molecule has 0 aliphatic carbocycles. The lowest BCUT2D eigenvalue weighted by Gasteiger charge is -2.24. The van der Waals surface area contributed by atoms with Gasteiger partial charge in [-0.25, -0.2) is 4.57 Å². The minimum absolute atomic E-state index is 0.0970. The summed E-state index contributed by atoms with van der Waals surface area (Å²) >= 11 is 0. The Morgan fingerprint density at radius 1 is 1.47 bits per heavy atom. The van der Waals surface area contributed by atoms with Crippen LogP contribution in [-0.4, -0.2) is 69.0 Å². The second-order valence-corrected chi connectivity index (χ2v) is 6.72. The van der Waals surface area contributed by atoms with Gasteiger partial charge in [-0.3, -0.25) is 9.05 Å². The van der Waals surface area contributed by atoms with Crippen LogP contribution >= 0.6 is 7.82 Å². The molecule has 114 valence electrons. The summed E-state index contributed by atoms with van der Waals surface area (Å²) in [6.45, 7) is 2.17. The van der Waals surface area contributed by atoms with Crippen LogP contribution in [0.25, 0.3) is 0 Å². The average Bonchev–Trinajstić information content (AvgIpc) is 2.31. The summed E-state index contributed by atoms with van der Waals surface area (Å²) in [6, 6.07) is -0.730. The molecule has 0 heterocycles. The Balaban J connectivity index is 4.17. The molecule has 19 heavy (non-hydrogen) atoms. The Kier molecular flexibility index (Phi) is 7.17. The molecule has 0 amide bonds. The van der Waals surface area contributed by atoms with Crippen LogP contribution in [-0.2, 0) is 13.6 Å². The zero-order valence-electron chi connectivity index (χ0n) is 13.0. The number of phosphoric ester groups is 1. The summed E-state index contributed by atoms with van der Waals surface area (Å²) in [5, 5.41) is 4.39. The van der Waals surface area contributed by atoms with E-state index in [-0.39, 0.29) is 13.2 Å². The maximum Gasteiger partial charge on any atom is 0.472 e. The quantitative estimate of drug-likeness (QED) is 0.300. The molecule has 0 aromatic carbocycles. The lowest BCUT2D eigenvalue weighted by molar-refractivity contribution is -0.870. The van der Waals surface area contributed by atoms with Crippen LogP contribution in [0.1, 0.15) is 6.92 Å². The van der Waals surface area contributed by atoms with Gasteiger partial charge in [0, 0.05) is 0 Å². The number of hydrogen-bond acceptors (Lipinski definition) is 5. The predicted molar refractivity (Wildman–Crippen MR) is 73.4 cm³/mol. The van der Waals surface area contributed by atoms with Crippen molar-refractivity contribution in [3.05, 3.63) is 12.2 Å².